The molecule has 8 aromatic rings. The van der Waals surface area contributed by atoms with Gasteiger partial charge in [0.2, 0.25) is 0 Å². The van der Waals surface area contributed by atoms with Gasteiger partial charge < -0.3 is 19.4 Å². The van der Waals surface area contributed by atoms with Crippen molar-refractivity contribution in [2.45, 2.75) is 71.6 Å². The minimum Gasteiger partial charge on any atom is -0.494 e. The summed E-state index contributed by atoms with van der Waals surface area (Å²) in [6.07, 6.45) is 15.1. The molecule has 0 saturated heterocycles. The van der Waals surface area contributed by atoms with Crippen LogP contribution in [0.4, 0.5) is 5.69 Å². The molecule has 0 aliphatic heterocycles. The highest BCUT2D eigenvalue weighted by Crippen LogP contribution is 2.38. The lowest BCUT2D eigenvalue weighted by Crippen LogP contribution is -2.10. The summed E-state index contributed by atoms with van der Waals surface area (Å²) in [4.78, 5) is 0. The first-order valence-corrected chi connectivity index (χ1v) is 23.4. The zero-order chi connectivity index (χ0) is 44.6. The number of benzene rings is 7. The second-order valence-electron chi connectivity index (χ2n) is 18.2. The Bertz CT molecular complexity index is 2950. The highest BCUT2D eigenvalue weighted by Gasteiger charge is 2.17. The summed E-state index contributed by atoms with van der Waals surface area (Å²) in [5.41, 5.74) is 15.7. The van der Waals surface area contributed by atoms with Crippen LogP contribution >= 0.6 is 0 Å². The van der Waals surface area contributed by atoms with E-state index in [9.17, 15) is 0 Å². The Morgan fingerprint density at radius 3 is 1.65 bits per heavy atom. The molecule has 1 N–H and O–H groups in total. The molecule has 0 atom stereocenters. The Morgan fingerprint density at radius 2 is 1.08 bits per heavy atom. The average Bonchev–Trinajstić information content (AvgIpc) is 3.47. The summed E-state index contributed by atoms with van der Waals surface area (Å²) >= 11 is 0. The van der Waals surface area contributed by atoms with E-state index < -0.39 is 0 Å². The molecule has 4 heteroatoms. The normalized spacial score (nSPS) is 12.8. The molecule has 0 amide bonds. The van der Waals surface area contributed by atoms with E-state index in [1.807, 2.05) is 0 Å². The molecule has 0 bridgehead atoms. The van der Waals surface area contributed by atoms with Crippen LogP contribution in [-0.4, -0.2) is 17.8 Å². The van der Waals surface area contributed by atoms with Crippen LogP contribution in [-0.2, 0) is 11.8 Å². The molecule has 0 saturated carbocycles. The summed E-state index contributed by atoms with van der Waals surface area (Å²) in [7, 11) is 0. The molecular formula is C61H60N2O2. The van der Waals surface area contributed by atoms with Gasteiger partial charge in [-0.3, -0.25) is 0 Å². The molecular weight excluding hydrogens is 793 g/mol. The average molecular weight is 853 g/mol. The van der Waals surface area contributed by atoms with E-state index in [0.29, 0.717) is 6.61 Å². The van der Waals surface area contributed by atoms with E-state index in [1.54, 1.807) is 0 Å². The van der Waals surface area contributed by atoms with Crippen molar-refractivity contribution in [2.24, 2.45) is 0 Å². The Balaban J connectivity index is 0.915. The van der Waals surface area contributed by atoms with Crippen LogP contribution in [0.5, 0.6) is 11.5 Å². The Morgan fingerprint density at radius 1 is 0.523 bits per heavy atom. The van der Waals surface area contributed by atoms with Crippen molar-refractivity contribution < 1.29 is 9.47 Å². The molecule has 1 heterocycles. The highest BCUT2D eigenvalue weighted by atomic mass is 16.5. The van der Waals surface area contributed by atoms with Crippen LogP contribution in [0, 0.1) is 0 Å². The van der Waals surface area contributed by atoms with Crippen LogP contribution in [0.2, 0.25) is 0 Å². The number of nitrogens with zero attached hydrogens (tertiary/aromatic N) is 1. The van der Waals surface area contributed by atoms with Crippen molar-refractivity contribution in [3.63, 3.8) is 0 Å². The monoisotopic (exact) mass is 852 g/mol. The smallest absolute Gasteiger partial charge is 0.119 e. The van der Waals surface area contributed by atoms with E-state index in [4.69, 9.17) is 9.47 Å². The van der Waals surface area contributed by atoms with Gasteiger partial charge in [0.05, 0.1) is 24.2 Å². The second kappa shape index (κ2) is 19.8. The van der Waals surface area contributed by atoms with Gasteiger partial charge in [0.15, 0.2) is 0 Å². The predicted molar refractivity (Wildman–Crippen MR) is 276 cm³/mol. The zero-order valence-electron chi connectivity index (χ0n) is 38.3. The molecule has 0 unspecified atom stereocenters. The van der Waals surface area contributed by atoms with Crippen LogP contribution in [0.25, 0.3) is 55.3 Å². The molecule has 9 rings (SSSR count). The Hall–Kier alpha value is -7.04. The summed E-state index contributed by atoms with van der Waals surface area (Å²) in [6, 6.07) is 59.3. The van der Waals surface area contributed by atoms with Crippen molar-refractivity contribution in [3.05, 3.63) is 210 Å². The van der Waals surface area contributed by atoms with Crippen molar-refractivity contribution in [2.75, 3.05) is 18.5 Å². The summed E-state index contributed by atoms with van der Waals surface area (Å²) in [5.74, 6) is 1.85. The molecule has 0 radical (unpaired) electrons. The Kier molecular flexibility index (Phi) is 13.2. The molecule has 0 fully saturated rings. The zero-order valence-corrected chi connectivity index (χ0v) is 38.3. The number of rotatable bonds is 16. The fourth-order valence-corrected chi connectivity index (χ4v) is 8.75. The number of aromatic nitrogens is 1. The molecule has 326 valence electrons. The minimum absolute atomic E-state index is 0.104. The lowest BCUT2D eigenvalue weighted by molar-refractivity contribution is 0.287. The number of ether oxygens (including phenoxy) is 2. The number of hydrogen-bond donors (Lipinski definition) is 1. The van der Waals surface area contributed by atoms with Gasteiger partial charge in [-0.2, -0.15) is 0 Å². The van der Waals surface area contributed by atoms with Gasteiger partial charge in [0, 0.05) is 27.8 Å². The van der Waals surface area contributed by atoms with Crippen molar-refractivity contribution in [3.8, 4) is 39.4 Å². The van der Waals surface area contributed by atoms with Gasteiger partial charge in [-0.05, 0) is 167 Å². The number of unbranched alkanes of at least 4 members (excludes halogenated alkanes) is 3. The SMILES string of the molecule is CCc1ccc(OCCCCCCOc2ccc(-n3c4ccc(-c5ccc(NC6=CCC=C(c7ccccc7)C=C6)cc5)cc4c4cc(-c5ccc(C(C)(C)C)cc5)ccc43)cc2)cc1. The van der Waals surface area contributed by atoms with Crippen molar-refractivity contribution in [1.82, 2.24) is 4.57 Å². The lowest BCUT2D eigenvalue weighted by Gasteiger charge is -2.19. The van der Waals surface area contributed by atoms with Crippen molar-refractivity contribution >= 4 is 33.1 Å². The minimum atomic E-state index is 0.104. The summed E-state index contributed by atoms with van der Waals surface area (Å²) in [5, 5.41) is 6.09. The van der Waals surface area contributed by atoms with E-state index in [1.165, 1.54) is 66.3 Å². The van der Waals surface area contributed by atoms with Crippen LogP contribution in [0.1, 0.15) is 76.5 Å². The van der Waals surface area contributed by atoms with Gasteiger partial charge in [-0.1, -0.05) is 137 Å². The van der Waals surface area contributed by atoms with E-state index >= 15 is 0 Å². The molecule has 4 nitrogen and oxygen atoms in total. The van der Waals surface area contributed by atoms with Crippen molar-refractivity contribution in [1.29, 1.82) is 0 Å². The first-order chi connectivity index (χ1) is 31.8. The standard InChI is InChI=1S/C61H60N2O2/c1-5-44-18-34-55(35-19-44)64-40-11-6-7-12-41-65-56-36-32-54(33-37-56)63-59-38-25-49(47-20-27-51(28-21-47)61(2,3)4)42-57(59)58-43-50(26-39-60(58)63)48-23-30-53(31-24-48)62-52-17-13-16-46(22-29-52)45-14-9-8-10-15-45/h8-10,14-39,42-43,62H,5-7,11-13,40-41H2,1-4H3. The van der Waals surface area contributed by atoms with Gasteiger partial charge >= 0.3 is 0 Å². The maximum absolute atomic E-state index is 6.23. The van der Waals surface area contributed by atoms with Gasteiger partial charge in [0.25, 0.3) is 0 Å². The Labute approximate surface area is 385 Å². The first kappa shape index (κ1) is 43.2. The van der Waals surface area contributed by atoms with Crippen LogP contribution in [0.3, 0.4) is 0 Å². The third-order valence-corrected chi connectivity index (χ3v) is 12.6. The third kappa shape index (κ3) is 10.3. The predicted octanol–water partition coefficient (Wildman–Crippen LogP) is 16.3. The maximum atomic E-state index is 6.23. The van der Waals surface area contributed by atoms with Gasteiger partial charge in [0.1, 0.15) is 11.5 Å². The fraction of sp³-hybridized carbons (Fsp3) is 0.213. The first-order valence-electron chi connectivity index (χ1n) is 23.4. The number of hydrogen-bond acceptors (Lipinski definition) is 3. The summed E-state index contributed by atoms with van der Waals surface area (Å²) in [6.45, 7) is 10.4. The molecule has 7 aromatic carbocycles. The van der Waals surface area contributed by atoms with E-state index in [2.05, 4.69) is 226 Å². The van der Waals surface area contributed by atoms with E-state index in [0.717, 1.165) is 73.7 Å². The number of nitrogens with one attached hydrogen (secondary N) is 1. The quantitative estimate of drug-likeness (QED) is 0.0984. The molecule has 65 heavy (non-hydrogen) atoms. The molecule has 1 aliphatic rings. The van der Waals surface area contributed by atoms with Crippen LogP contribution in [0.15, 0.2) is 194 Å². The molecule has 0 spiro atoms. The molecule has 1 aromatic heterocycles. The number of allylic oxidation sites excluding steroid dienone is 5. The van der Waals surface area contributed by atoms with E-state index in [-0.39, 0.29) is 5.41 Å². The number of aryl methyl sites for hydroxylation is 1. The number of anilines is 1. The largest absolute Gasteiger partial charge is 0.494 e. The van der Waals surface area contributed by atoms with Gasteiger partial charge in [-0.15, -0.1) is 0 Å². The highest BCUT2D eigenvalue weighted by molar-refractivity contribution is 6.11. The maximum Gasteiger partial charge on any atom is 0.119 e. The third-order valence-electron chi connectivity index (χ3n) is 12.6. The second-order valence-corrected chi connectivity index (χ2v) is 18.2. The van der Waals surface area contributed by atoms with Crippen LogP contribution < -0.4 is 14.8 Å². The molecule has 1 aliphatic carbocycles. The lowest BCUT2D eigenvalue weighted by atomic mass is 9.86. The summed E-state index contributed by atoms with van der Waals surface area (Å²) < 4.78 is 14.6. The van der Waals surface area contributed by atoms with Gasteiger partial charge in [-0.25, -0.2) is 0 Å². The number of fused-ring (bicyclic) bond motifs is 3. The fourth-order valence-electron chi connectivity index (χ4n) is 8.75. The topological polar surface area (TPSA) is 35.4 Å².